The molecule has 114 valence electrons. The van der Waals surface area contributed by atoms with Gasteiger partial charge in [-0.15, -0.1) is 0 Å². The lowest BCUT2D eigenvalue weighted by Crippen LogP contribution is -2.40. The standard InChI is InChI=1S/C16H22N2O3/c1-4-9-18(10-5-2)16(21)15(20)17-14-8-6-7-13(11-14)12(3)19/h6-8,11H,4-5,9-10H2,1-3H3,(H,17,20). The van der Waals surface area contributed by atoms with Gasteiger partial charge in [0.1, 0.15) is 0 Å². The van der Waals surface area contributed by atoms with Crippen molar-refractivity contribution < 1.29 is 14.4 Å². The molecule has 0 aliphatic carbocycles. The molecular formula is C16H22N2O3. The molecule has 21 heavy (non-hydrogen) atoms. The lowest BCUT2D eigenvalue weighted by molar-refractivity contribution is -0.143. The van der Waals surface area contributed by atoms with Crippen LogP contribution in [-0.4, -0.2) is 35.6 Å². The second-order valence-electron chi connectivity index (χ2n) is 4.88. The maximum atomic E-state index is 12.1. The average molecular weight is 290 g/mol. The van der Waals surface area contributed by atoms with Gasteiger partial charge in [0.05, 0.1) is 0 Å². The number of carbonyl (C=O) groups is 3. The number of hydrogen-bond acceptors (Lipinski definition) is 3. The van der Waals surface area contributed by atoms with E-state index in [-0.39, 0.29) is 5.78 Å². The number of nitrogens with zero attached hydrogens (tertiary/aromatic N) is 1. The molecule has 0 aromatic heterocycles. The number of carbonyl (C=O) groups excluding carboxylic acids is 3. The second kappa shape index (κ2) is 8.19. The van der Waals surface area contributed by atoms with Crippen LogP contribution in [0.3, 0.4) is 0 Å². The van der Waals surface area contributed by atoms with E-state index in [0.717, 1.165) is 12.8 Å². The topological polar surface area (TPSA) is 66.5 Å². The molecule has 0 bridgehead atoms. The van der Waals surface area contributed by atoms with Crippen molar-refractivity contribution in [3.05, 3.63) is 29.8 Å². The first kappa shape index (κ1) is 16.9. The van der Waals surface area contributed by atoms with Gasteiger partial charge < -0.3 is 10.2 Å². The van der Waals surface area contributed by atoms with Crippen LogP contribution in [0.2, 0.25) is 0 Å². The molecule has 5 heteroatoms. The Kier molecular flexibility index (Phi) is 6.59. The third kappa shape index (κ3) is 5.02. The van der Waals surface area contributed by atoms with Gasteiger partial charge in [-0.25, -0.2) is 0 Å². The number of hydrogen-bond donors (Lipinski definition) is 1. The quantitative estimate of drug-likeness (QED) is 0.646. The fourth-order valence-corrected chi connectivity index (χ4v) is 2.00. The van der Waals surface area contributed by atoms with E-state index in [4.69, 9.17) is 0 Å². The van der Waals surface area contributed by atoms with Gasteiger partial charge in [-0.3, -0.25) is 14.4 Å². The van der Waals surface area contributed by atoms with Crippen LogP contribution in [0.15, 0.2) is 24.3 Å². The predicted octanol–water partition coefficient (Wildman–Crippen LogP) is 2.48. The molecule has 1 aromatic carbocycles. The van der Waals surface area contributed by atoms with E-state index in [0.29, 0.717) is 24.3 Å². The van der Waals surface area contributed by atoms with E-state index in [1.165, 1.54) is 6.92 Å². The highest BCUT2D eigenvalue weighted by atomic mass is 16.2. The van der Waals surface area contributed by atoms with Crippen LogP contribution in [0.25, 0.3) is 0 Å². The van der Waals surface area contributed by atoms with Crippen molar-refractivity contribution in [2.45, 2.75) is 33.6 Å². The van der Waals surface area contributed by atoms with Crippen molar-refractivity contribution in [1.29, 1.82) is 0 Å². The summed E-state index contributed by atoms with van der Waals surface area (Å²) in [5.74, 6) is -1.29. The third-order valence-corrected chi connectivity index (χ3v) is 3.00. The Labute approximate surface area is 125 Å². The van der Waals surface area contributed by atoms with E-state index >= 15 is 0 Å². The summed E-state index contributed by atoms with van der Waals surface area (Å²) in [6.45, 7) is 6.51. The lowest BCUT2D eigenvalue weighted by Gasteiger charge is -2.20. The Hall–Kier alpha value is -2.17. The number of rotatable bonds is 6. The summed E-state index contributed by atoms with van der Waals surface area (Å²) in [4.78, 5) is 36.9. The van der Waals surface area contributed by atoms with Crippen LogP contribution in [0.5, 0.6) is 0 Å². The van der Waals surface area contributed by atoms with Crippen molar-refractivity contribution in [3.8, 4) is 0 Å². The minimum Gasteiger partial charge on any atom is -0.334 e. The molecule has 0 radical (unpaired) electrons. The molecule has 0 heterocycles. The number of anilines is 1. The van der Waals surface area contributed by atoms with Crippen LogP contribution >= 0.6 is 0 Å². The minimum atomic E-state index is -0.669. The Morgan fingerprint density at radius 2 is 1.71 bits per heavy atom. The molecule has 5 nitrogen and oxygen atoms in total. The molecule has 0 unspecified atom stereocenters. The van der Waals surface area contributed by atoms with Gasteiger partial charge in [0, 0.05) is 24.3 Å². The predicted molar refractivity (Wildman–Crippen MR) is 82.2 cm³/mol. The number of amides is 2. The van der Waals surface area contributed by atoms with E-state index < -0.39 is 11.8 Å². The zero-order valence-electron chi connectivity index (χ0n) is 12.8. The normalized spacial score (nSPS) is 10.0. The fraction of sp³-hybridized carbons (Fsp3) is 0.438. The first-order chi connectivity index (χ1) is 9.99. The molecule has 0 aliphatic heterocycles. The number of Topliss-reactive ketones (excluding diaryl/α,β-unsaturated/α-hetero) is 1. The maximum absolute atomic E-state index is 12.1. The summed E-state index contributed by atoms with van der Waals surface area (Å²) in [5.41, 5.74) is 0.952. The number of ketones is 1. The molecular weight excluding hydrogens is 268 g/mol. The smallest absolute Gasteiger partial charge is 0.313 e. The highest BCUT2D eigenvalue weighted by molar-refractivity contribution is 6.39. The SMILES string of the molecule is CCCN(CCC)C(=O)C(=O)Nc1cccc(C(C)=O)c1. The molecule has 2 amide bonds. The van der Waals surface area contributed by atoms with Crippen LogP contribution in [-0.2, 0) is 9.59 Å². The molecule has 0 atom stereocenters. The van der Waals surface area contributed by atoms with E-state index in [1.807, 2.05) is 13.8 Å². The van der Waals surface area contributed by atoms with Crippen LogP contribution in [0, 0.1) is 0 Å². The highest BCUT2D eigenvalue weighted by Gasteiger charge is 2.20. The van der Waals surface area contributed by atoms with E-state index in [2.05, 4.69) is 5.32 Å². The third-order valence-electron chi connectivity index (χ3n) is 3.00. The van der Waals surface area contributed by atoms with Gasteiger partial charge in [-0.2, -0.15) is 0 Å². The minimum absolute atomic E-state index is 0.0870. The zero-order chi connectivity index (χ0) is 15.8. The van der Waals surface area contributed by atoms with Gasteiger partial charge in [-0.05, 0) is 31.9 Å². The average Bonchev–Trinajstić information content (AvgIpc) is 2.46. The number of benzene rings is 1. The molecule has 1 rings (SSSR count). The van der Waals surface area contributed by atoms with Crippen LogP contribution in [0.4, 0.5) is 5.69 Å². The summed E-state index contributed by atoms with van der Waals surface area (Å²) < 4.78 is 0. The summed E-state index contributed by atoms with van der Waals surface area (Å²) in [6.07, 6.45) is 1.61. The Balaban J connectivity index is 2.77. The van der Waals surface area contributed by atoms with E-state index in [9.17, 15) is 14.4 Å². The Morgan fingerprint density at radius 3 is 2.24 bits per heavy atom. The van der Waals surface area contributed by atoms with Crippen molar-refractivity contribution in [1.82, 2.24) is 4.90 Å². The first-order valence-corrected chi connectivity index (χ1v) is 7.20. The largest absolute Gasteiger partial charge is 0.334 e. The maximum Gasteiger partial charge on any atom is 0.313 e. The highest BCUT2D eigenvalue weighted by Crippen LogP contribution is 2.11. The lowest BCUT2D eigenvalue weighted by atomic mass is 10.1. The molecule has 0 saturated heterocycles. The zero-order valence-corrected chi connectivity index (χ0v) is 12.8. The van der Waals surface area contributed by atoms with Crippen molar-refractivity contribution >= 4 is 23.3 Å². The van der Waals surface area contributed by atoms with Crippen molar-refractivity contribution in [2.75, 3.05) is 18.4 Å². The number of nitrogens with one attached hydrogen (secondary N) is 1. The van der Waals surface area contributed by atoms with Crippen LogP contribution in [0.1, 0.15) is 44.0 Å². The first-order valence-electron chi connectivity index (χ1n) is 7.20. The second-order valence-corrected chi connectivity index (χ2v) is 4.88. The summed E-state index contributed by atoms with van der Waals surface area (Å²) in [6, 6.07) is 6.56. The van der Waals surface area contributed by atoms with Gasteiger partial charge >= 0.3 is 11.8 Å². The summed E-state index contributed by atoms with van der Waals surface area (Å²) in [7, 11) is 0. The molecule has 0 aliphatic rings. The molecule has 1 aromatic rings. The van der Waals surface area contributed by atoms with E-state index in [1.54, 1.807) is 29.2 Å². The fourth-order valence-electron chi connectivity index (χ4n) is 2.00. The Morgan fingerprint density at radius 1 is 1.10 bits per heavy atom. The van der Waals surface area contributed by atoms with Gasteiger partial charge in [0.2, 0.25) is 0 Å². The molecule has 1 N–H and O–H groups in total. The van der Waals surface area contributed by atoms with Gasteiger partial charge in [0.15, 0.2) is 5.78 Å². The van der Waals surface area contributed by atoms with Gasteiger partial charge in [-0.1, -0.05) is 26.0 Å². The van der Waals surface area contributed by atoms with Crippen molar-refractivity contribution in [3.63, 3.8) is 0 Å². The molecule has 0 saturated carbocycles. The van der Waals surface area contributed by atoms with Gasteiger partial charge in [0.25, 0.3) is 0 Å². The Bertz CT molecular complexity index is 520. The molecule has 0 spiro atoms. The van der Waals surface area contributed by atoms with Crippen LogP contribution < -0.4 is 5.32 Å². The monoisotopic (exact) mass is 290 g/mol. The summed E-state index contributed by atoms with van der Waals surface area (Å²) in [5, 5.41) is 2.55. The molecule has 0 fully saturated rings. The summed E-state index contributed by atoms with van der Waals surface area (Å²) >= 11 is 0. The van der Waals surface area contributed by atoms with Crippen molar-refractivity contribution in [2.24, 2.45) is 0 Å².